The van der Waals surface area contributed by atoms with Crippen LogP contribution >= 0.6 is 11.8 Å². The number of benzene rings is 2. The normalized spacial score (nSPS) is 23.6. The van der Waals surface area contributed by atoms with Gasteiger partial charge >= 0.3 is 0 Å². The third kappa shape index (κ3) is 5.41. The molecule has 0 aromatic heterocycles. The smallest absolute Gasteiger partial charge is 0.255 e. The van der Waals surface area contributed by atoms with E-state index in [1.54, 1.807) is 17.0 Å². The minimum Gasteiger partial charge on any atom is -0.322 e. The fourth-order valence-electron chi connectivity index (χ4n) is 6.28. The van der Waals surface area contributed by atoms with Crippen molar-refractivity contribution >= 4 is 35.1 Å². The SMILES string of the molecule is CC1(C)CCC(CN2CC(Sc3ccc4c(c3)CN(C3CCC(=O)NC3=O)C4=O)C2)=C(c2ccc(F)cc2)C1. The van der Waals surface area contributed by atoms with Crippen LogP contribution in [0.4, 0.5) is 4.39 Å². The number of carbonyl (C=O) groups is 3. The lowest BCUT2D eigenvalue weighted by atomic mass is 9.72. The number of halogens is 1. The van der Waals surface area contributed by atoms with Crippen LogP contribution in [0.1, 0.15) is 67.4 Å². The van der Waals surface area contributed by atoms with Crippen LogP contribution in [0.2, 0.25) is 0 Å². The molecule has 1 atom stereocenters. The lowest BCUT2D eigenvalue weighted by Gasteiger charge is -2.42. The van der Waals surface area contributed by atoms with Crippen molar-refractivity contribution < 1.29 is 18.8 Å². The molecule has 2 fully saturated rings. The van der Waals surface area contributed by atoms with Gasteiger partial charge in [0.15, 0.2) is 0 Å². The molecule has 1 aliphatic carbocycles. The maximum atomic E-state index is 13.6. The van der Waals surface area contributed by atoms with Gasteiger partial charge in [-0.15, -0.1) is 11.8 Å². The first-order valence-electron chi connectivity index (χ1n) is 13.8. The second kappa shape index (κ2) is 10.2. The van der Waals surface area contributed by atoms with E-state index < -0.39 is 6.04 Å². The number of rotatable bonds is 6. The summed E-state index contributed by atoms with van der Waals surface area (Å²) in [5.74, 6) is -0.982. The Bertz CT molecular complexity index is 1360. The van der Waals surface area contributed by atoms with E-state index in [0.29, 0.717) is 23.8 Å². The molecule has 2 aromatic carbocycles. The van der Waals surface area contributed by atoms with Crippen molar-refractivity contribution in [2.24, 2.45) is 5.41 Å². The second-order valence-corrected chi connectivity index (χ2v) is 13.5. The average molecular weight is 548 g/mol. The molecule has 6 nitrogen and oxygen atoms in total. The van der Waals surface area contributed by atoms with Crippen molar-refractivity contribution in [2.75, 3.05) is 19.6 Å². The lowest BCUT2D eigenvalue weighted by molar-refractivity contribution is -0.136. The Hall–Kier alpha value is -2.97. The molecule has 1 unspecified atom stereocenters. The van der Waals surface area contributed by atoms with Gasteiger partial charge in [0.05, 0.1) is 0 Å². The molecule has 4 aliphatic rings. The van der Waals surface area contributed by atoms with Crippen molar-refractivity contribution in [1.82, 2.24) is 15.1 Å². The zero-order chi connectivity index (χ0) is 27.3. The van der Waals surface area contributed by atoms with Crippen LogP contribution in [0.5, 0.6) is 0 Å². The van der Waals surface area contributed by atoms with Crippen LogP contribution < -0.4 is 5.32 Å². The number of nitrogens with zero attached hydrogens (tertiary/aromatic N) is 2. The van der Waals surface area contributed by atoms with E-state index in [1.807, 2.05) is 36.0 Å². The quantitative estimate of drug-likeness (QED) is 0.514. The summed E-state index contributed by atoms with van der Waals surface area (Å²) >= 11 is 1.85. The summed E-state index contributed by atoms with van der Waals surface area (Å²) < 4.78 is 13.6. The number of allylic oxidation sites excluding steroid dienone is 1. The number of carbonyl (C=O) groups excluding carboxylic acids is 3. The van der Waals surface area contributed by atoms with Gasteiger partial charge in [-0.3, -0.25) is 24.6 Å². The number of imide groups is 1. The summed E-state index contributed by atoms with van der Waals surface area (Å²) in [5.41, 5.74) is 5.86. The standard InChI is InChI=1S/C31H34FN3O3S/c1-31(2)12-11-20(26(14-31)19-3-5-22(32)6-4-19)15-34-17-24(18-34)39-23-7-8-25-21(13-23)16-35(30(25)38)27-9-10-28(36)33-29(27)37/h3-8,13,24,27H,9-12,14-18H2,1-2H3,(H,33,36,37). The predicted molar refractivity (Wildman–Crippen MR) is 150 cm³/mol. The van der Waals surface area contributed by atoms with E-state index in [2.05, 4.69) is 30.1 Å². The van der Waals surface area contributed by atoms with Crippen molar-refractivity contribution in [1.29, 1.82) is 0 Å². The van der Waals surface area contributed by atoms with Crippen LogP contribution in [-0.2, 0) is 16.1 Å². The molecule has 6 rings (SSSR count). The van der Waals surface area contributed by atoms with Crippen molar-refractivity contribution in [3.63, 3.8) is 0 Å². The second-order valence-electron chi connectivity index (χ2n) is 12.1. The Balaban J connectivity index is 1.08. The van der Waals surface area contributed by atoms with Crippen LogP contribution in [-0.4, -0.2) is 58.4 Å². The maximum absolute atomic E-state index is 13.6. The van der Waals surface area contributed by atoms with Gasteiger partial charge in [0.25, 0.3) is 5.91 Å². The first kappa shape index (κ1) is 26.3. The van der Waals surface area contributed by atoms with Gasteiger partial charge in [0.1, 0.15) is 11.9 Å². The number of amides is 3. The first-order valence-corrected chi connectivity index (χ1v) is 14.7. The number of likely N-dealkylation sites (tertiary alicyclic amines) is 1. The van der Waals surface area contributed by atoms with Gasteiger partial charge in [-0.2, -0.15) is 0 Å². The number of fused-ring (bicyclic) bond motifs is 1. The molecule has 0 radical (unpaired) electrons. The summed E-state index contributed by atoms with van der Waals surface area (Å²) in [6, 6.07) is 12.4. The van der Waals surface area contributed by atoms with Crippen molar-refractivity contribution in [3.05, 3.63) is 70.5 Å². The van der Waals surface area contributed by atoms with E-state index in [0.717, 1.165) is 48.5 Å². The van der Waals surface area contributed by atoms with Gasteiger partial charge in [0, 0.05) is 48.3 Å². The number of thioether (sulfide) groups is 1. The molecule has 0 bridgehead atoms. The highest BCUT2D eigenvalue weighted by atomic mass is 32.2. The Labute approximate surface area is 233 Å². The molecule has 8 heteroatoms. The molecule has 1 N–H and O–H groups in total. The highest BCUT2D eigenvalue weighted by molar-refractivity contribution is 8.00. The molecule has 204 valence electrons. The number of hydrogen-bond acceptors (Lipinski definition) is 5. The topological polar surface area (TPSA) is 69.7 Å². The van der Waals surface area contributed by atoms with E-state index >= 15 is 0 Å². The summed E-state index contributed by atoms with van der Waals surface area (Å²) in [4.78, 5) is 42.0. The summed E-state index contributed by atoms with van der Waals surface area (Å²) in [6.07, 6.45) is 3.90. The van der Waals surface area contributed by atoms with E-state index in [4.69, 9.17) is 0 Å². The highest BCUT2D eigenvalue weighted by Crippen LogP contribution is 2.44. The van der Waals surface area contributed by atoms with Crippen LogP contribution in [0.25, 0.3) is 5.57 Å². The zero-order valence-electron chi connectivity index (χ0n) is 22.5. The van der Waals surface area contributed by atoms with Gasteiger partial charge < -0.3 is 4.90 Å². The molecule has 39 heavy (non-hydrogen) atoms. The molecule has 0 saturated carbocycles. The van der Waals surface area contributed by atoms with Crippen LogP contribution in [0.3, 0.4) is 0 Å². The highest BCUT2D eigenvalue weighted by Gasteiger charge is 2.39. The molecule has 0 spiro atoms. The molecular weight excluding hydrogens is 513 g/mol. The third-order valence-corrected chi connectivity index (χ3v) is 9.67. The van der Waals surface area contributed by atoms with Gasteiger partial charge in [-0.05, 0) is 78.1 Å². The van der Waals surface area contributed by atoms with Crippen molar-refractivity contribution in [3.8, 4) is 0 Å². The Kier molecular flexibility index (Phi) is 6.88. The summed E-state index contributed by atoms with van der Waals surface area (Å²) in [7, 11) is 0. The monoisotopic (exact) mass is 547 g/mol. The molecule has 2 saturated heterocycles. The zero-order valence-corrected chi connectivity index (χ0v) is 23.3. The first-order chi connectivity index (χ1) is 18.6. The third-order valence-electron chi connectivity index (χ3n) is 8.51. The largest absolute Gasteiger partial charge is 0.322 e. The molecular formula is C31H34FN3O3S. The minimum atomic E-state index is -0.585. The number of piperidine rings is 1. The predicted octanol–water partition coefficient (Wildman–Crippen LogP) is 5.03. The Morgan fingerprint density at radius 3 is 2.56 bits per heavy atom. The Morgan fingerprint density at radius 1 is 1.05 bits per heavy atom. The number of hydrogen-bond donors (Lipinski definition) is 1. The lowest BCUT2D eigenvalue weighted by Crippen LogP contribution is -2.52. The summed E-state index contributed by atoms with van der Waals surface area (Å²) in [5, 5.41) is 2.85. The molecule has 3 amide bonds. The minimum absolute atomic E-state index is 0.133. The van der Waals surface area contributed by atoms with E-state index in [1.165, 1.54) is 17.6 Å². The fourth-order valence-corrected chi connectivity index (χ4v) is 7.59. The average Bonchev–Trinajstić information content (AvgIpc) is 3.19. The van der Waals surface area contributed by atoms with Crippen LogP contribution in [0, 0.1) is 11.2 Å². The summed E-state index contributed by atoms with van der Waals surface area (Å²) in [6.45, 7) is 8.01. The van der Waals surface area contributed by atoms with Crippen LogP contribution in [0.15, 0.2) is 52.9 Å². The Morgan fingerprint density at radius 2 is 1.82 bits per heavy atom. The fraction of sp³-hybridized carbons (Fsp3) is 0.452. The number of nitrogens with one attached hydrogen (secondary N) is 1. The molecule has 3 heterocycles. The van der Waals surface area contributed by atoms with Gasteiger partial charge in [-0.1, -0.05) is 31.6 Å². The maximum Gasteiger partial charge on any atom is 0.255 e. The van der Waals surface area contributed by atoms with Gasteiger partial charge in [0.2, 0.25) is 11.8 Å². The molecule has 2 aromatic rings. The van der Waals surface area contributed by atoms with Crippen molar-refractivity contribution in [2.45, 2.75) is 68.7 Å². The van der Waals surface area contributed by atoms with E-state index in [-0.39, 0.29) is 35.4 Å². The van der Waals surface area contributed by atoms with E-state index in [9.17, 15) is 18.8 Å². The van der Waals surface area contributed by atoms with Gasteiger partial charge in [-0.25, -0.2) is 4.39 Å². The molecule has 3 aliphatic heterocycles.